The summed E-state index contributed by atoms with van der Waals surface area (Å²) in [5.74, 6) is 0.0731. The molecule has 5 nitrogen and oxygen atoms in total. The summed E-state index contributed by atoms with van der Waals surface area (Å²) >= 11 is 0. The Labute approximate surface area is 114 Å². The number of carbonyl (C=O) groups is 1. The lowest BCUT2D eigenvalue weighted by molar-refractivity contribution is 0.0573. The predicted octanol–water partition coefficient (Wildman–Crippen LogP) is 1.29. The van der Waals surface area contributed by atoms with Crippen LogP contribution in [0.15, 0.2) is 18.5 Å². The van der Waals surface area contributed by atoms with E-state index in [1.54, 1.807) is 12.4 Å². The summed E-state index contributed by atoms with van der Waals surface area (Å²) in [6.07, 6.45) is 3.37. The molecule has 1 aromatic rings. The predicted molar refractivity (Wildman–Crippen MR) is 76.4 cm³/mol. The normalized spacial score (nSPS) is 20.4. The molecule has 1 aliphatic heterocycles. The quantitative estimate of drug-likeness (QED) is 0.891. The maximum absolute atomic E-state index is 12.6. The molecule has 2 heterocycles. The van der Waals surface area contributed by atoms with E-state index in [2.05, 4.69) is 29.2 Å². The number of nitrogens with one attached hydrogen (secondary N) is 1. The number of piperazine rings is 1. The zero-order chi connectivity index (χ0) is 13.8. The van der Waals surface area contributed by atoms with Gasteiger partial charge in [-0.2, -0.15) is 0 Å². The van der Waals surface area contributed by atoms with Crippen LogP contribution in [0, 0.1) is 0 Å². The number of rotatable bonds is 3. The van der Waals surface area contributed by atoms with Crippen LogP contribution in [0.3, 0.4) is 0 Å². The van der Waals surface area contributed by atoms with Gasteiger partial charge in [-0.25, -0.2) is 0 Å². The first-order valence-corrected chi connectivity index (χ1v) is 6.81. The van der Waals surface area contributed by atoms with Crippen LogP contribution >= 0.6 is 0 Å². The molecule has 1 unspecified atom stereocenters. The Morgan fingerprint density at radius 2 is 2.32 bits per heavy atom. The third kappa shape index (κ3) is 3.04. The summed E-state index contributed by atoms with van der Waals surface area (Å²) in [5.41, 5.74) is 1.54. The summed E-state index contributed by atoms with van der Waals surface area (Å²) in [4.78, 5) is 20.8. The summed E-state index contributed by atoms with van der Waals surface area (Å²) < 4.78 is 0. The SMILES string of the molecule is CCNc1ccncc1C(=O)N1CCN(C)C(C)C1. The van der Waals surface area contributed by atoms with Crippen LogP contribution in [-0.4, -0.2) is 60.0 Å². The molecule has 0 aromatic carbocycles. The summed E-state index contributed by atoms with van der Waals surface area (Å²) in [6, 6.07) is 2.26. The van der Waals surface area contributed by atoms with Crippen molar-refractivity contribution in [2.45, 2.75) is 19.9 Å². The van der Waals surface area contributed by atoms with E-state index < -0.39 is 0 Å². The number of likely N-dealkylation sites (N-methyl/N-ethyl adjacent to an activating group) is 1. The fourth-order valence-electron chi connectivity index (χ4n) is 2.31. The highest BCUT2D eigenvalue weighted by atomic mass is 16.2. The molecule has 5 heteroatoms. The maximum Gasteiger partial charge on any atom is 0.257 e. The molecule has 1 amide bonds. The van der Waals surface area contributed by atoms with E-state index in [4.69, 9.17) is 0 Å². The lowest BCUT2D eigenvalue weighted by Gasteiger charge is -2.37. The highest BCUT2D eigenvalue weighted by molar-refractivity contribution is 5.99. The van der Waals surface area contributed by atoms with Crippen molar-refractivity contribution < 1.29 is 4.79 Å². The largest absolute Gasteiger partial charge is 0.385 e. The molecule has 1 fully saturated rings. The second kappa shape index (κ2) is 6.02. The summed E-state index contributed by atoms with van der Waals surface area (Å²) in [6.45, 7) is 7.43. The van der Waals surface area contributed by atoms with Gasteiger partial charge in [-0.3, -0.25) is 9.78 Å². The Morgan fingerprint density at radius 3 is 3.00 bits per heavy atom. The Balaban J connectivity index is 2.15. The number of nitrogens with zero attached hydrogens (tertiary/aromatic N) is 3. The van der Waals surface area contributed by atoms with E-state index >= 15 is 0 Å². The summed E-state index contributed by atoms with van der Waals surface area (Å²) in [7, 11) is 2.10. The van der Waals surface area contributed by atoms with Crippen molar-refractivity contribution in [3.63, 3.8) is 0 Å². The number of carbonyl (C=O) groups excluding carboxylic acids is 1. The van der Waals surface area contributed by atoms with Crippen molar-refractivity contribution in [2.75, 3.05) is 38.5 Å². The molecule has 2 rings (SSSR count). The van der Waals surface area contributed by atoms with Crippen LogP contribution in [0.25, 0.3) is 0 Å². The van der Waals surface area contributed by atoms with Crippen LogP contribution in [0.1, 0.15) is 24.2 Å². The first-order chi connectivity index (χ1) is 9.13. The topological polar surface area (TPSA) is 48.5 Å². The van der Waals surface area contributed by atoms with Crippen molar-refractivity contribution in [3.8, 4) is 0 Å². The Kier molecular flexibility index (Phi) is 4.37. The fourth-order valence-corrected chi connectivity index (χ4v) is 2.31. The van der Waals surface area contributed by atoms with E-state index in [1.807, 2.05) is 17.9 Å². The second-order valence-corrected chi connectivity index (χ2v) is 5.03. The number of pyridine rings is 1. The van der Waals surface area contributed by atoms with Crippen LogP contribution in [0.4, 0.5) is 5.69 Å². The number of amides is 1. The van der Waals surface area contributed by atoms with E-state index in [9.17, 15) is 4.79 Å². The van der Waals surface area contributed by atoms with Gasteiger partial charge in [0.05, 0.1) is 11.3 Å². The number of anilines is 1. The molecule has 1 aliphatic rings. The van der Waals surface area contributed by atoms with Gasteiger partial charge < -0.3 is 15.1 Å². The van der Waals surface area contributed by atoms with Crippen molar-refractivity contribution in [2.24, 2.45) is 0 Å². The van der Waals surface area contributed by atoms with Gasteiger partial charge in [0, 0.05) is 44.6 Å². The van der Waals surface area contributed by atoms with E-state index in [1.165, 1.54) is 0 Å². The van der Waals surface area contributed by atoms with Gasteiger partial charge in [-0.1, -0.05) is 0 Å². The monoisotopic (exact) mass is 262 g/mol. The van der Waals surface area contributed by atoms with Gasteiger partial charge >= 0.3 is 0 Å². The van der Waals surface area contributed by atoms with Gasteiger partial charge in [0.25, 0.3) is 5.91 Å². The van der Waals surface area contributed by atoms with Crippen LogP contribution in [-0.2, 0) is 0 Å². The molecule has 0 saturated carbocycles. The third-order valence-electron chi connectivity index (χ3n) is 3.67. The van der Waals surface area contributed by atoms with Gasteiger partial charge in [0.15, 0.2) is 0 Å². The molecular formula is C14H22N4O. The average molecular weight is 262 g/mol. The van der Waals surface area contributed by atoms with Gasteiger partial charge in [0.2, 0.25) is 0 Å². The molecule has 1 saturated heterocycles. The fraction of sp³-hybridized carbons (Fsp3) is 0.571. The Bertz CT molecular complexity index is 449. The van der Waals surface area contributed by atoms with Gasteiger partial charge in [-0.05, 0) is 27.0 Å². The Hall–Kier alpha value is -1.62. The Morgan fingerprint density at radius 1 is 1.53 bits per heavy atom. The van der Waals surface area contributed by atoms with E-state index in [-0.39, 0.29) is 5.91 Å². The van der Waals surface area contributed by atoms with Crippen LogP contribution in [0.2, 0.25) is 0 Å². The zero-order valence-electron chi connectivity index (χ0n) is 11.9. The molecule has 1 atom stereocenters. The van der Waals surface area contributed by atoms with Crippen molar-refractivity contribution in [3.05, 3.63) is 24.0 Å². The third-order valence-corrected chi connectivity index (χ3v) is 3.67. The van der Waals surface area contributed by atoms with Crippen LogP contribution < -0.4 is 5.32 Å². The molecule has 1 aromatic heterocycles. The minimum Gasteiger partial charge on any atom is -0.385 e. The minimum atomic E-state index is 0.0731. The first-order valence-electron chi connectivity index (χ1n) is 6.81. The smallest absolute Gasteiger partial charge is 0.257 e. The number of hydrogen-bond acceptors (Lipinski definition) is 4. The van der Waals surface area contributed by atoms with Crippen molar-refractivity contribution in [1.82, 2.24) is 14.8 Å². The number of hydrogen-bond donors (Lipinski definition) is 1. The second-order valence-electron chi connectivity index (χ2n) is 5.03. The van der Waals surface area contributed by atoms with Crippen molar-refractivity contribution in [1.29, 1.82) is 0 Å². The minimum absolute atomic E-state index is 0.0731. The molecule has 19 heavy (non-hydrogen) atoms. The van der Waals surface area contributed by atoms with E-state index in [0.717, 1.165) is 31.9 Å². The molecule has 0 aliphatic carbocycles. The highest BCUT2D eigenvalue weighted by Crippen LogP contribution is 2.18. The maximum atomic E-state index is 12.6. The lowest BCUT2D eigenvalue weighted by atomic mass is 10.1. The molecule has 1 N–H and O–H groups in total. The van der Waals surface area contributed by atoms with Crippen LogP contribution in [0.5, 0.6) is 0 Å². The van der Waals surface area contributed by atoms with Crippen molar-refractivity contribution >= 4 is 11.6 Å². The van der Waals surface area contributed by atoms with E-state index in [0.29, 0.717) is 11.6 Å². The standard InChI is InChI=1S/C14H22N4O/c1-4-16-13-5-6-15-9-12(13)14(19)18-8-7-17(3)11(2)10-18/h5-6,9,11H,4,7-8,10H2,1-3H3,(H,15,16). The number of aromatic nitrogens is 1. The molecular weight excluding hydrogens is 240 g/mol. The molecule has 0 bridgehead atoms. The highest BCUT2D eigenvalue weighted by Gasteiger charge is 2.26. The average Bonchev–Trinajstić information content (AvgIpc) is 2.42. The zero-order valence-corrected chi connectivity index (χ0v) is 11.9. The first kappa shape index (κ1) is 13.8. The summed E-state index contributed by atoms with van der Waals surface area (Å²) in [5, 5.41) is 3.22. The molecule has 0 spiro atoms. The lowest BCUT2D eigenvalue weighted by Crippen LogP contribution is -2.52. The molecule has 104 valence electrons. The van der Waals surface area contributed by atoms with Gasteiger partial charge in [0.1, 0.15) is 0 Å². The molecule has 0 radical (unpaired) electrons. The van der Waals surface area contributed by atoms with Gasteiger partial charge in [-0.15, -0.1) is 0 Å².